The molecule has 0 saturated carbocycles. The first-order chi connectivity index (χ1) is 4.06. The SMILES string of the molecule is O=S(=O)(O)OCOCF. The Morgan fingerprint density at radius 2 is 2.11 bits per heavy atom. The quantitative estimate of drug-likeness (QED) is 0.347. The van der Waals surface area contributed by atoms with E-state index in [9.17, 15) is 12.8 Å². The van der Waals surface area contributed by atoms with Crippen molar-refractivity contribution in [1.82, 2.24) is 0 Å². The van der Waals surface area contributed by atoms with Crippen molar-refractivity contribution in [3.8, 4) is 0 Å². The van der Waals surface area contributed by atoms with E-state index in [1.54, 1.807) is 0 Å². The molecule has 0 aliphatic carbocycles. The van der Waals surface area contributed by atoms with Gasteiger partial charge in [0.05, 0.1) is 0 Å². The molecule has 0 radical (unpaired) electrons. The summed E-state index contributed by atoms with van der Waals surface area (Å²) < 4.78 is 45.4. The van der Waals surface area contributed by atoms with Crippen LogP contribution in [0.25, 0.3) is 0 Å². The Hall–Kier alpha value is -0.240. The molecule has 5 nitrogen and oxygen atoms in total. The maximum absolute atomic E-state index is 11.0. The molecule has 0 aliphatic heterocycles. The molecule has 0 aromatic heterocycles. The topological polar surface area (TPSA) is 72.8 Å². The maximum atomic E-state index is 11.0. The molecule has 0 bridgehead atoms. The van der Waals surface area contributed by atoms with E-state index in [1.807, 2.05) is 0 Å². The molecule has 7 heteroatoms. The lowest BCUT2D eigenvalue weighted by Crippen LogP contribution is -2.06. The average Bonchev–Trinajstić information content (AvgIpc) is 1.63. The Morgan fingerprint density at radius 1 is 1.56 bits per heavy atom. The summed E-state index contributed by atoms with van der Waals surface area (Å²) in [6.45, 7) is -1.97. The third-order valence-corrected chi connectivity index (χ3v) is 0.752. The Balaban J connectivity index is 3.30. The zero-order chi connectivity index (χ0) is 7.33. The molecule has 56 valence electrons. The molecule has 0 heterocycles. The van der Waals surface area contributed by atoms with Crippen molar-refractivity contribution < 1.29 is 26.3 Å². The fourth-order valence-electron chi connectivity index (χ4n) is 0.126. The molecule has 0 atom stereocenters. The smallest absolute Gasteiger partial charge is 0.323 e. The zero-order valence-electron chi connectivity index (χ0n) is 4.28. The van der Waals surface area contributed by atoms with Gasteiger partial charge in [0.15, 0.2) is 13.7 Å². The van der Waals surface area contributed by atoms with Crippen molar-refractivity contribution >= 4 is 10.4 Å². The molecule has 9 heavy (non-hydrogen) atoms. The molecule has 0 saturated heterocycles. The summed E-state index contributed by atoms with van der Waals surface area (Å²) in [7, 11) is -4.49. The van der Waals surface area contributed by atoms with Crippen LogP contribution >= 0.6 is 0 Å². The Morgan fingerprint density at radius 3 is 2.44 bits per heavy atom. The van der Waals surface area contributed by atoms with E-state index in [0.717, 1.165) is 0 Å². The lowest BCUT2D eigenvalue weighted by Gasteiger charge is -1.95. The van der Waals surface area contributed by atoms with Crippen LogP contribution in [-0.4, -0.2) is 26.6 Å². The normalized spacial score (nSPS) is 11.8. The largest absolute Gasteiger partial charge is 0.399 e. The summed E-state index contributed by atoms with van der Waals surface area (Å²) in [4.78, 5) is 0. The molecule has 0 unspecified atom stereocenters. The van der Waals surface area contributed by atoms with Gasteiger partial charge in [-0.2, -0.15) is 8.42 Å². The van der Waals surface area contributed by atoms with E-state index in [4.69, 9.17) is 4.55 Å². The first-order valence-corrected chi connectivity index (χ1v) is 3.18. The zero-order valence-corrected chi connectivity index (χ0v) is 5.10. The third-order valence-electron chi connectivity index (χ3n) is 0.358. The Kier molecular flexibility index (Phi) is 3.62. The van der Waals surface area contributed by atoms with E-state index in [0.29, 0.717) is 0 Å². The molecule has 0 spiro atoms. The van der Waals surface area contributed by atoms with Gasteiger partial charge in [0.1, 0.15) is 0 Å². The number of rotatable bonds is 4. The van der Waals surface area contributed by atoms with Gasteiger partial charge in [0.2, 0.25) is 0 Å². The van der Waals surface area contributed by atoms with Gasteiger partial charge in [-0.25, -0.2) is 8.57 Å². The summed E-state index contributed by atoms with van der Waals surface area (Å²) in [6.07, 6.45) is 0. The summed E-state index contributed by atoms with van der Waals surface area (Å²) in [5.74, 6) is 0. The van der Waals surface area contributed by atoms with Crippen molar-refractivity contribution in [3.05, 3.63) is 0 Å². The number of ether oxygens (including phenoxy) is 1. The maximum Gasteiger partial charge on any atom is 0.399 e. The predicted molar refractivity (Wildman–Crippen MR) is 24.6 cm³/mol. The fourth-order valence-corrected chi connectivity index (χ4v) is 0.316. The van der Waals surface area contributed by atoms with E-state index < -0.39 is 24.1 Å². The molecule has 0 aliphatic rings. The van der Waals surface area contributed by atoms with Crippen molar-refractivity contribution in [2.24, 2.45) is 0 Å². The van der Waals surface area contributed by atoms with Gasteiger partial charge in [-0.05, 0) is 0 Å². The second-order valence-corrected chi connectivity index (χ2v) is 2.07. The molecular formula is C2H5FO5S. The van der Waals surface area contributed by atoms with Crippen LogP contribution in [-0.2, 0) is 19.3 Å². The van der Waals surface area contributed by atoms with Crippen molar-refractivity contribution in [2.45, 2.75) is 0 Å². The van der Waals surface area contributed by atoms with E-state index >= 15 is 0 Å². The molecule has 0 fully saturated rings. The molecule has 0 aromatic rings. The van der Waals surface area contributed by atoms with Gasteiger partial charge in [-0.15, -0.1) is 0 Å². The number of alkyl halides is 1. The predicted octanol–water partition coefficient (Wildman–Crippen LogP) is -0.293. The number of hydrogen-bond donors (Lipinski definition) is 1. The molecule has 1 N–H and O–H groups in total. The van der Waals surface area contributed by atoms with Gasteiger partial charge >= 0.3 is 10.4 Å². The van der Waals surface area contributed by atoms with Gasteiger partial charge in [0, 0.05) is 0 Å². The van der Waals surface area contributed by atoms with Crippen molar-refractivity contribution in [1.29, 1.82) is 0 Å². The second-order valence-electron chi connectivity index (χ2n) is 0.977. The highest BCUT2D eigenvalue weighted by Crippen LogP contribution is 1.85. The van der Waals surface area contributed by atoms with Crippen molar-refractivity contribution in [3.63, 3.8) is 0 Å². The van der Waals surface area contributed by atoms with E-state index in [2.05, 4.69) is 8.92 Å². The summed E-state index contributed by atoms with van der Waals surface area (Å²) in [6, 6.07) is 0. The third kappa shape index (κ3) is 7.76. The standard InChI is InChI=1S/C2H5FO5S/c3-1-7-2-8-9(4,5)6/h1-2H2,(H,4,5,6). The molecule has 0 rings (SSSR count). The van der Waals surface area contributed by atoms with Crippen molar-refractivity contribution in [2.75, 3.05) is 13.7 Å². The minimum absolute atomic E-state index is 0.810. The van der Waals surface area contributed by atoms with Crippen LogP contribution in [0.15, 0.2) is 0 Å². The number of halogens is 1. The van der Waals surface area contributed by atoms with E-state index in [-0.39, 0.29) is 0 Å². The lowest BCUT2D eigenvalue weighted by molar-refractivity contribution is -0.0296. The van der Waals surface area contributed by atoms with Crippen LogP contribution in [0.2, 0.25) is 0 Å². The van der Waals surface area contributed by atoms with Crippen LogP contribution in [0.3, 0.4) is 0 Å². The van der Waals surface area contributed by atoms with Gasteiger partial charge in [-0.1, -0.05) is 0 Å². The molecule has 0 aromatic carbocycles. The molecule has 0 amide bonds. The highest BCUT2D eigenvalue weighted by molar-refractivity contribution is 7.80. The van der Waals surface area contributed by atoms with Crippen LogP contribution < -0.4 is 0 Å². The van der Waals surface area contributed by atoms with Crippen LogP contribution in [0.1, 0.15) is 0 Å². The average molecular weight is 160 g/mol. The summed E-state index contributed by atoms with van der Waals surface area (Å²) in [5, 5.41) is 0. The van der Waals surface area contributed by atoms with Gasteiger partial charge in [0.25, 0.3) is 0 Å². The highest BCUT2D eigenvalue weighted by atomic mass is 32.3. The van der Waals surface area contributed by atoms with E-state index in [1.165, 1.54) is 0 Å². The lowest BCUT2D eigenvalue weighted by atomic mass is 11.4. The van der Waals surface area contributed by atoms with Gasteiger partial charge in [-0.3, -0.25) is 4.55 Å². The Bertz CT molecular complexity index is 150. The fraction of sp³-hybridized carbons (Fsp3) is 1.00. The van der Waals surface area contributed by atoms with Crippen LogP contribution in [0.5, 0.6) is 0 Å². The van der Waals surface area contributed by atoms with Gasteiger partial charge < -0.3 is 4.74 Å². The van der Waals surface area contributed by atoms with Crippen LogP contribution in [0.4, 0.5) is 4.39 Å². The first-order valence-electron chi connectivity index (χ1n) is 1.82. The van der Waals surface area contributed by atoms with Crippen LogP contribution in [0, 0.1) is 0 Å². The Labute approximate surface area is 51.3 Å². The summed E-state index contributed by atoms with van der Waals surface area (Å²) >= 11 is 0. The monoisotopic (exact) mass is 160 g/mol. The minimum atomic E-state index is -4.49. The summed E-state index contributed by atoms with van der Waals surface area (Å²) in [5.41, 5.74) is 0. The minimum Gasteiger partial charge on any atom is -0.323 e. The molecular weight excluding hydrogens is 155 g/mol. The number of hydrogen-bond acceptors (Lipinski definition) is 4. The second kappa shape index (κ2) is 3.72. The first kappa shape index (κ1) is 8.76. The highest BCUT2D eigenvalue weighted by Gasteiger charge is 2.01.